The van der Waals surface area contributed by atoms with E-state index >= 15 is 0 Å². The molecule has 1 heterocycles. The summed E-state index contributed by atoms with van der Waals surface area (Å²) in [7, 11) is 0. The number of nitrogens with zero attached hydrogens (tertiary/aromatic N) is 1. The third-order valence-corrected chi connectivity index (χ3v) is 3.71. The van der Waals surface area contributed by atoms with Gasteiger partial charge in [0, 0.05) is 12.1 Å². The van der Waals surface area contributed by atoms with Gasteiger partial charge in [-0.05, 0) is 29.7 Å². The molecule has 0 saturated carbocycles. The van der Waals surface area contributed by atoms with Gasteiger partial charge < -0.3 is 14.7 Å². The largest absolute Gasteiger partial charge is 0.506 e. The van der Waals surface area contributed by atoms with E-state index in [4.69, 9.17) is 4.74 Å². The first-order chi connectivity index (χ1) is 9.65. The Morgan fingerprint density at radius 3 is 2.70 bits per heavy atom. The SMILES string of the molecule is CC(C)c1ccc2c(c1)CN(c1ccccc1O)CO2. The minimum absolute atomic E-state index is 0.291. The maximum Gasteiger partial charge on any atom is 0.161 e. The standard InChI is InChI=1S/C17H19NO2/c1-12(2)13-7-8-17-14(9-13)10-18(11-20-17)15-5-3-4-6-16(15)19/h3-9,12,19H,10-11H2,1-2H3. The Labute approximate surface area is 119 Å². The number of rotatable bonds is 2. The summed E-state index contributed by atoms with van der Waals surface area (Å²) in [4.78, 5) is 2.04. The Balaban J connectivity index is 1.91. The molecule has 2 aromatic rings. The van der Waals surface area contributed by atoms with Gasteiger partial charge in [-0.3, -0.25) is 0 Å². The molecule has 0 fully saturated rings. The van der Waals surface area contributed by atoms with E-state index in [1.807, 2.05) is 29.2 Å². The topological polar surface area (TPSA) is 32.7 Å². The van der Waals surface area contributed by atoms with E-state index in [1.54, 1.807) is 6.07 Å². The van der Waals surface area contributed by atoms with E-state index in [2.05, 4.69) is 26.0 Å². The van der Waals surface area contributed by atoms with Gasteiger partial charge in [0.05, 0.1) is 5.69 Å². The molecule has 0 saturated heterocycles. The fourth-order valence-corrected chi connectivity index (χ4v) is 2.51. The Kier molecular flexibility index (Phi) is 3.26. The smallest absolute Gasteiger partial charge is 0.161 e. The molecule has 20 heavy (non-hydrogen) atoms. The van der Waals surface area contributed by atoms with E-state index < -0.39 is 0 Å². The molecule has 1 N–H and O–H groups in total. The van der Waals surface area contributed by atoms with Crippen LogP contribution >= 0.6 is 0 Å². The van der Waals surface area contributed by atoms with Gasteiger partial charge in [0.1, 0.15) is 11.5 Å². The van der Waals surface area contributed by atoms with E-state index in [1.165, 1.54) is 11.1 Å². The maximum atomic E-state index is 9.96. The molecule has 3 rings (SSSR count). The second-order valence-corrected chi connectivity index (χ2v) is 5.48. The highest BCUT2D eigenvalue weighted by atomic mass is 16.5. The molecule has 0 bridgehead atoms. The molecule has 0 amide bonds. The maximum absolute atomic E-state index is 9.96. The van der Waals surface area contributed by atoms with Crippen molar-refractivity contribution in [3.8, 4) is 11.5 Å². The first-order valence-corrected chi connectivity index (χ1v) is 6.93. The lowest BCUT2D eigenvalue weighted by atomic mass is 9.99. The lowest BCUT2D eigenvalue weighted by Gasteiger charge is -2.31. The number of hydrogen-bond acceptors (Lipinski definition) is 3. The summed E-state index contributed by atoms with van der Waals surface area (Å²) in [6.07, 6.45) is 0. The second kappa shape index (κ2) is 5.08. The van der Waals surface area contributed by atoms with Crippen LogP contribution in [0.15, 0.2) is 42.5 Å². The predicted octanol–water partition coefficient (Wildman–Crippen LogP) is 3.87. The minimum Gasteiger partial charge on any atom is -0.506 e. The van der Waals surface area contributed by atoms with Crippen LogP contribution < -0.4 is 9.64 Å². The summed E-state index contributed by atoms with van der Waals surface area (Å²) in [6, 6.07) is 13.7. The van der Waals surface area contributed by atoms with Crippen LogP contribution in [-0.4, -0.2) is 11.8 Å². The van der Waals surface area contributed by atoms with E-state index in [0.29, 0.717) is 18.4 Å². The molecule has 0 spiro atoms. The Morgan fingerprint density at radius 1 is 1.15 bits per heavy atom. The molecule has 2 aromatic carbocycles. The third kappa shape index (κ3) is 2.31. The van der Waals surface area contributed by atoms with Crippen LogP contribution in [0.25, 0.3) is 0 Å². The van der Waals surface area contributed by atoms with Crippen molar-refractivity contribution in [3.63, 3.8) is 0 Å². The number of para-hydroxylation sites is 2. The van der Waals surface area contributed by atoms with Gasteiger partial charge in [0.2, 0.25) is 0 Å². The Hall–Kier alpha value is -2.16. The van der Waals surface area contributed by atoms with E-state index in [0.717, 1.165) is 18.0 Å². The summed E-state index contributed by atoms with van der Waals surface area (Å²) in [5.41, 5.74) is 3.30. The van der Waals surface area contributed by atoms with Crippen molar-refractivity contribution in [1.82, 2.24) is 0 Å². The predicted molar refractivity (Wildman–Crippen MR) is 80.3 cm³/mol. The zero-order valence-electron chi connectivity index (χ0n) is 11.8. The zero-order valence-corrected chi connectivity index (χ0v) is 11.8. The third-order valence-electron chi connectivity index (χ3n) is 3.71. The molecular formula is C17H19NO2. The number of hydrogen-bond donors (Lipinski definition) is 1. The van der Waals surface area contributed by atoms with Gasteiger partial charge in [0.25, 0.3) is 0 Å². The highest BCUT2D eigenvalue weighted by molar-refractivity contribution is 5.59. The molecule has 0 aromatic heterocycles. The van der Waals surface area contributed by atoms with Crippen LogP contribution in [0, 0.1) is 0 Å². The molecule has 1 aliphatic rings. The number of fused-ring (bicyclic) bond motifs is 1. The number of benzene rings is 2. The van der Waals surface area contributed by atoms with Crippen LogP contribution in [0.4, 0.5) is 5.69 Å². The van der Waals surface area contributed by atoms with Gasteiger partial charge in [-0.15, -0.1) is 0 Å². The average Bonchev–Trinajstić information content (AvgIpc) is 2.46. The molecule has 3 heteroatoms. The number of phenolic OH excluding ortho intramolecular Hbond substituents is 1. The Bertz CT molecular complexity index is 622. The van der Waals surface area contributed by atoms with Crippen molar-refractivity contribution < 1.29 is 9.84 Å². The summed E-state index contributed by atoms with van der Waals surface area (Å²) in [5, 5.41) is 9.96. The summed E-state index contributed by atoms with van der Waals surface area (Å²) < 4.78 is 5.80. The summed E-state index contributed by atoms with van der Waals surface area (Å²) in [6.45, 7) is 5.59. The first kappa shape index (κ1) is 12.9. The molecule has 0 unspecified atom stereocenters. The van der Waals surface area contributed by atoms with Gasteiger partial charge in [-0.2, -0.15) is 0 Å². The van der Waals surface area contributed by atoms with Crippen molar-refractivity contribution in [2.75, 3.05) is 11.6 Å². The van der Waals surface area contributed by atoms with Crippen molar-refractivity contribution >= 4 is 5.69 Å². The van der Waals surface area contributed by atoms with Gasteiger partial charge in [0.15, 0.2) is 6.73 Å². The van der Waals surface area contributed by atoms with Crippen LogP contribution in [0.1, 0.15) is 30.9 Å². The molecule has 0 aliphatic carbocycles. The van der Waals surface area contributed by atoms with Crippen LogP contribution in [-0.2, 0) is 6.54 Å². The number of phenols is 1. The van der Waals surface area contributed by atoms with Gasteiger partial charge in [-0.25, -0.2) is 0 Å². The lowest BCUT2D eigenvalue weighted by molar-refractivity contribution is 0.287. The van der Waals surface area contributed by atoms with Gasteiger partial charge >= 0.3 is 0 Å². The molecule has 3 nitrogen and oxygen atoms in total. The number of anilines is 1. The molecule has 0 radical (unpaired) electrons. The first-order valence-electron chi connectivity index (χ1n) is 6.93. The monoisotopic (exact) mass is 269 g/mol. The van der Waals surface area contributed by atoms with Crippen molar-refractivity contribution in [3.05, 3.63) is 53.6 Å². The molecule has 104 valence electrons. The second-order valence-electron chi connectivity index (χ2n) is 5.48. The van der Waals surface area contributed by atoms with E-state index in [9.17, 15) is 5.11 Å². The van der Waals surface area contributed by atoms with Crippen molar-refractivity contribution in [2.45, 2.75) is 26.3 Å². The Morgan fingerprint density at radius 2 is 1.95 bits per heavy atom. The highest BCUT2D eigenvalue weighted by Crippen LogP contribution is 2.34. The highest BCUT2D eigenvalue weighted by Gasteiger charge is 2.20. The normalized spacial score (nSPS) is 14.1. The van der Waals surface area contributed by atoms with Crippen LogP contribution in [0.5, 0.6) is 11.5 Å². The van der Waals surface area contributed by atoms with Crippen LogP contribution in [0.3, 0.4) is 0 Å². The number of ether oxygens (including phenoxy) is 1. The zero-order chi connectivity index (χ0) is 14.1. The van der Waals surface area contributed by atoms with E-state index in [-0.39, 0.29) is 0 Å². The fourth-order valence-electron chi connectivity index (χ4n) is 2.51. The van der Waals surface area contributed by atoms with Crippen molar-refractivity contribution in [1.29, 1.82) is 0 Å². The molecular weight excluding hydrogens is 250 g/mol. The van der Waals surface area contributed by atoms with Gasteiger partial charge in [-0.1, -0.05) is 38.1 Å². The average molecular weight is 269 g/mol. The summed E-state index contributed by atoms with van der Waals surface area (Å²) >= 11 is 0. The molecule has 0 atom stereocenters. The fraction of sp³-hybridized carbons (Fsp3) is 0.294. The molecule has 1 aliphatic heterocycles. The number of aromatic hydroxyl groups is 1. The summed E-state index contributed by atoms with van der Waals surface area (Å²) in [5.74, 6) is 1.74. The quantitative estimate of drug-likeness (QED) is 0.898. The van der Waals surface area contributed by atoms with Crippen molar-refractivity contribution in [2.24, 2.45) is 0 Å². The lowest BCUT2D eigenvalue weighted by Crippen LogP contribution is -2.31. The minimum atomic E-state index is 0.291. The van der Waals surface area contributed by atoms with Crippen LogP contribution in [0.2, 0.25) is 0 Å².